The Labute approximate surface area is 157 Å². The number of amides is 1. The molecule has 0 radical (unpaired) electrons. The van der Waals surface area contributed by atoms with Crippen LogP contribution in [0.15, 0.2) is 12.1 Å². The molecule has 6 heteroatoms. The first kappa shape index (κ1) is 18.9. The van der Waals surface area contributed by atoms with Gasteiger partial charge in [-0.15, -0.1) is 10.2 Å². The van der Waals surface area contributed by atoms with Gasteiger partial charge in [0.05, 0.1) is 0 Å². The molecule has 1 amide bonds. The second-order valence-electron chi connectivity index (χ2n) is 7.48. The molecule has 2 aliphatic rings. The summed E-state index contributed by atoms with van der Waals surface area (Å²) >= 11 is 0. The van der Waals surface area contributed by atoms with Crippen LogP contribution in [-0.2, 0) is 4.79 Å². The summed E-state index contributed by atoms with van der Waals surface area (Å²) in [6.45, 7) is 9.40. The second kappa shape index (κ2) is 9.19. The van der Waals surface area contributed by atoms with Crippen molar-refractivity contribution in [3.63, 3.8) is 0 Å². The van der Waals surface area contributed by atoms with E-state index in [9.17, 15) is 4.79 Å². The summed E-state index contributed by atoms with van der Waals surface area (Å²) in [6, 6.07) is 4.10. The average Bonchev–Trinajstić information content (AvgIpc) is 3.21. The molecule has 2 fully saturated rings. The summed E-state index contributed by atoms with van der Waals surface area (Å²) in [4.78, 5) is 18.9. The predicted octanol–water partition coefficient (Wildman–Crippen LogP) is 2.94. The maximum absolute atomic E-state index is 12.5. The minimum absolute atomic E-state index is 0.333. The van der Waals surface area contributed by atoms with Crippen molar-refractivity contribution in [2.75, 3.05) is 49.1 Å². The normalized spacial score (nSPS) is 18.4. The summed E-state index contributed by atoms with van der Waals surface area (Å²) in [5.41, 5.74) is 0. The lowest BCUT2D eigenvalue weighted by molar-refractivity contribution is -0.131. The number of carbonyl (C=O) groups excluding carboxylic acids is 1. The van der Waals surface area contributed by atoms with Crippen molar-refractivity contribution in [2.45, 2.75) is 52.4 Å². The molecule has 26 heavy (non-hydrogen) atoms. The maximum atomic E-state index is 12.5. The molecule has 0 N–H and O–H groups in total. The number of aromatic nitrogens is 2. The van der Waals surface area contributed by atoms with Crippen LogP contribution in [0.3, 0.4) is 0 Å². The number of nitrogens with zero attached hydrogens (tertiary/aromatic N) is 5. The van der Waals surface area contributed by atoms with Gasteiger partial charge in [-0.05, 0) is 38.3 Å². The highest BCUT2D eigenvalue weighted by Crippen LogP contribution is 2.28. The van der Waals surface area contributed by atoms with Gasteiger partial charge in [0, 0.05) is 45.7 Å². The van der Waals surface area contributed by atoms with Gasteiger partial charge >= 0.3 is 0 Å². The Balaban J connectivity index is 1.46. The number of piperazine rings is 1. The molecule has 1 aromatic heterocycles. The van der Waals surface area contributed by atoms with Crippen molar-refractivity contribution in [1.82, 2.24) is 15.1 Å². The van der Waals surface area contributed by atoms with Crippen LogP contribution in [0.25, 0.3) is 0 Å². The van der Waals surface area contributed by atoms with Crippen LogP contribution in [0.2, 0.25) is 0 Å². The fraction of sp³-hybridized carbons (Fsp3) is 0.750. The van der Waals surface area contributed by atoms with Crippen molar-refractivity contribution in [3.05, 3.63) is 12.1 Å². The number of rotatable bonds is 7. The van der Waals surface area contributed by atoms with Gasteiger partial charge in [-0.2, -0.15) is 0 Å². The quantitative estimate of drug-likeness (QED) is 0.749. The van der Waals surface area contributed by atoms with E-state index in [1.807, 2.05) is 4.90 Å². The summed E-state index contributed by atoms with van der Waals surface area (Å²) < 4.78 is 0. The second-order valence-corrected chi connectivity index (χ2v) is 7.48. The lowest BCUT2D eigenvalue weighted by Crippen LogP contribution is -2.49. The monoisotopic (exact) mass is 359 g/mol. The van der Waals surface area contributed by atoms with Gasteiger partial charge in [-0.25, -0.2) is 0 Å². The SMILES string of the molecule is CCN(CC)c1ccc(N2CCN(C(=O)CCC3CCCC3)CC2)nn1. The molecule has 1 aromatic rings. The molecular formula is C20H33N5O. The molecule has 2 heterocycles. The van der Waals surface area contributed by atoms with E-state index in [4.69, 9.17) is 0 Å². The molecule has 0 spiro atoms. The topological polar surface area (TPSA) is 52.6 Å². The number of anilines is 2. The van der Waals surface area contributed by atoms with E-state index in [2.05, 4.69) is 46.0 Å². The fourth-order valence-electron chi connectivity index (χ4n) is 4.17. The lowest BCUT2D eigenvalue weighted by atomic mass is 10.0. The number of hydrogen-bond acceptors (Lipinski definition) is 5. The third kappa shape index (κ3) is 4.65. The summed E-state index contributed by atoms with van der Waals surface area (Å²) in [6.07, 6.45) is 7.16. The van der Waals surface area contributed by atoms with Gasteiger partial charge < -0.3 is 14.7 Å². The third-order valence-electron chi connectivity index (χ3n) is 5.92. The molecule has 0 atom stereocenters. The standard InChI is InChI=1S/C20H33N5O/c1-3-23(4-2)18-10-11-19(22-21-18)24-13-15-25(16-14-24)20(26)12-9-17-7-5-6-8-17/h10-11,17H,3-9,12-16H2,1-2H3. The highest BCUT2D eigenvalue weighted by atomic mass is 16.2. The van der Waals surface area contributed by atoms with E-state index < -0.39 is 0 Å². The Morgan fingerprint density at radius 1 is 1.08 bits per heavy atom. The molecule has 0 unspecified atom stereocenters. The molecule has 0 aromatic carbocycles. The molecule has 3 rings (SSSR count). The van der Waals surface area contributed by atoms with Gasteiger partial charge in [0.1, 0.15) is 0 Å². The zero-order valence-electron chi connectivity index (χ0n) is 16.4. The van der Waals surface area contributed by atoms with Crippen molar-refractivity contribution >= 4 is 17.5 Å². The van der Waals surface area contributed by atoms with E-state index >= 15 is 0 Å². The van der Waals surface area contributed by atoms with Crippen LogP contribution >= 0.6 is 0 Å². The first-order valence-electron chi connectivity index (χ1n) is 10.3. The Bertz CT molecular complexity index is 558. The highest BCUT2D eigenvalue weighted by Gasteiger charge is 2.23. The zero-order valence-corrected chi connectivity index (χ0v) is 16.4. The van der Waals surface area contributed by atoms with E-state index in [0.29, 0.717) is 5.91 Å². The van der Waals surface area contributed by atoms with Crippen molar-refractivity contribution in [2.24, 2.45) is 5.92 Å². The predicted molar refractivity (Wildman–Crippen MR) is 106 cm³/mol. The van der Waals surface area contributed by atoms with E-state index in [1.165, 1.54) is 25.7 Å². The van der Waals surface area contributed by atoms with Crippen molar-refractivity contribution in [1.29, 1.82) is 0 Å². The van der Waals surface area contributed by atoms with E-state index in [1.54, 1.807) is 0 Å². The highest BCUT2D eigenvalue weighted by molar-refractivity contribution is 5.76. The first-order chi connectivity index (χ1) is 12.7. The Kier molecular flexibility index (Phi) is 6.69. The van der Waals surface area contributed by atoms with Gasteiger partial charge in [-0.1, -0.05) is 25.7 Å². The lowest BCUT2D eigenvalue weighted by Gasteiger charge is -2.35. The van der Waals surface area contributed by atoms with Gasteiger partial charge in [0.15, 0.2) is 11.6 Å². The smallest absolute Gasteiger partial charge is 0.222 e. The van der Waals surface area contributed by atoms with Gasteiger partial charge in [0.2, 0.25) is 5.91 Å². The first-order valence-corrected chi connectivity index (χ1v) is 10.3. The molecular weight excluding hydrogens is 326 g/mol. The van der Waals surface area contributed by atoms with Gasteiger partial charge in [-0.3, -0.25) is 4.79 Å². The summed E-state index contributed by atoms with van der Waals surface area (Å²) in [7, 11) is 0. The average molecular weight is 360 g/mol. The third-order valence-corrected chi connectivity index (χ3v) is 5.92. The molecule has 1 aliphatic carbocycles. The number of hydrogen-bond donors (Lipinski definition) is 0. The minimum Gasteiger partial charge on any atom is -0.356 e. The molecule has 1 aliphatic heterocycles. The van der Waals surface area contributed by atoms with Crippen molar-refractivity contribution in [3.8, 4) is 0 Å². The van der Waals surface area contributed by atoms with Crippen LogP contribution < -0.4 is 9.80 Å². The van der Waals surface area contributed by atoms with Crippen LogP contribution in [0.4, 0.5) is 11.6 Å². The van der Waals surface area contributed by atoms with Crippen molar-refractivity contribution < 1.29 is 4.79 Å². The van der Waals surface area contributed by atoms with E-state index in [-0.39, 0.29) is 0 Å². The van der Waals surface area contributed by atoms with Gasteiger partial charge in [0.25, 0.3) is 0 Å². The van der Waals surface area contributed by atoms with Crippen LogP contribution in [0.1, 0.15) is 52.4 Å². The van der Waals surface area contributed by atoms with Crippen LogP contribution in [0, 0.1) is 5.92 Å². The summed E-state index contributed by atoms with van der Waals surface area (Å²) in [5, 5.41) is 8.79. The number of carbonyl (C=O) groups is 1. The van der Waals surface area contributed by atoms with E-state index in [0.717, 1.165) is 69.7 Å². The van der Waals surface area contributed by atoms with Crippen LogP contribution in [0.5, 0.6) is 0 Å². The van der Waals surface area contributed by atoms with Crippen LogP contribution in [-0.4, -0.2) is 60.3 Å². The molecule has 6 nitrogen and oxygen atoms in total. The Morgan fingerprint density at radius 3 is 2.35 bits per heavy atom. The molecule has 1 saturated carbocycles. The molecule has 144 valence electrons. The minimum atomic E-state index is 0.333. The Morgan fingerprint density at radius 2 is 1.77 bits per heavy atom. The fourth-order valence-corrected chi connectivity index (χ4v) is 4.17. The molecule has 0 bridgehead atoms. The summed E-state index contributed by atoms with van der Waals surface area (Å²) in [5.74, 6) is 2.97. The Hall–Kier alpha value is -1.85. The molecule has 1 saturated heterocycles. The zero-order chi connectivity index (χ0) is 18.4. The maximum Gasteiger partial charge on any atom is 0.222 e. The largest absolute Gasteiger partial charge is 0.356 e.